The van der Waals surface area contributed by atoms with Crippen LogP contribution in [-0.4, -0.2) is 23.5 Å². The van der Waals surface area contributed by atoms with Gasteiger partial charge in [-0.25, -0.2) is 0 Å². The fourth-order valence-electron chi connectivity index (χ4n) is 2.18. The van der Waals surface area contributed by atoms with Gasteiger partial charge in [0.05, 0.1) is 0 Å². The minimum atomic E-state index is -0.847. The number of carbonyl (C=O) groups excluding carboxylic acids is 1. The highest BCUT2D eigenvalue weighted by atomic mass is 79.9. The summed E-state index contributed by atoms with van der Waals surface area (Å²) in [5, 5.41) is 12.2. The van der Waals surface area contributed by atoms with Gasteiger partial charge in [0, 0.05) is 28.0 Å². The number of aliphatic carboxylic acids is 1. The van der Waals surface area contributed by atoms with E-state index in [1.165, 1.54) is 0 Å². The lowest BCUT2D eigenvalue weighted by Gasteiger charge is -2.17. The maximum Gasteiger partial charge on any atom is 0.303 e. The van der Waals surface area contributed by atoms with Crippen molar-refractivity contribution in [1.29, 1.82) is 0 Å². The molecule has 0 fully saturated rings. The van der Waals surface area contributed by atoms with Crippen LogP contribution < -0.4 is 5.32 Å². The zero-order valence-corrected chi connectivity index (χ0v) is 14.4. The first kappa shape index (κ1) is 18.0. The maximum absolute atomic E-state index is 12.1. The van der Waals surface area contributed by atoms with E-state index >= 15 is 0 Å². The molecule has 0 aliphatic heterocycles. The first-order valence-corrected chi connectivity index (χ1v) is 7.91. The predicted molar refractivity (Wildman–Crippen MR) is 86.7 cm³/mol. The highest BCUT2D eigenvalue weighted by molar-refractivity contribution is 9.10. The predicted octanol–water partition coefficient (Wildman–Crippen LogP) is 3.97. The van der Waals surface area contributed by atoms with Crippen molar-refractivity contribution in [3.63, 3.8) is 0 Å². The zero-order valence-electron chi connectivity index (χ0n) is 12.0. The quantitative estimate of drug-likeness (QED) is 0.756. The van der Waals surface area contributed by atoms with Crippen molar-refractivity contribution < 1.29 is 14.7 Å². The standard InChI is InChI=1S/C15H19BrClNO3/c1-9(2)3-10(4-14(19)20)8-18-15(21)11-5-12(16)7-13(17)6-11/h5-7,9-10H,3-4,8H2,1-2H3,(H,18,21)(H,19,20). The van der Waals surface area contributed by atoms with Crippen molar-refractivity contribution in [3.8, 4) is 0 Å². The van der Waals surface area contributed by atoms with E-state index in [2.05, 4.69) is 21.2 Å². The average molecular weight is 377 g/mol. The Balaban J connectivity index is 2.65. The third-order valence-corrected chi connectivity index (χ3v) is 3.62. The van der Waals surface area contributed by atoms with Gasteiger partial charge in [0.1, 0.15) is 0 Å². The Morgan fingerprint density at radius 1 is 1.33 bits per heavy atom. The van der Waals surface area contributed by atoms with Gasteiger partial charge in [-0.2, -0.15) is 0 Å². The molecule has 1 aromatic carbocycles. The van der Waals surface area contributed by atoms with Crippen LogP contribution >= 0.6 is 27.5 Å². The van der Waals surface area contributed by atoms with Crippen molar-refractivity contribution in [3.05, 3.63) is 33.3 Å². The molecule has 0 bridgehead atoms. The summed E-state index contributed by atoms with van der Waals surface area (Å²) in [4.78, 5) is 22.9. The van der Waals surface area contributed by atoms with Crippen molar-refractivity contribution in [2.24, 2.45) is 11.8 Å². The number of hydrogen-bond donors (Lipinski definition) is 2. The van der Waals surface area contributed by atoms with E-state index in [1.54, 1.807) is 18.2 Å². The molecule has 0 aromatic heterocycles. The molecule has 21 heavy (non-hydrogen) atoms. The van der Waals surface area contributed by atoms with Crippen molar-refractivity contribution in [2.45, 2.75) is 26.7 Å². The van der Waals surface area contributed by atoms with Crippen LogP contribution in [0.3, 0.4) is 0 Å². The average Bonchev–Trinajstić information content (AvgIpc) is 2.32. The lowest BCUT2D eigenvalue weighted by atomic mass is 9.94. The topological polar surface area (TPSA) is 66.4 Å². The van der Waals surface area contributed by atoms with E-state index in [0.717, 1.165) is 10.9 Å². The molecule has 0 saturated carbocycles. The van der Waals surface area contributed by atoms with Crippen LogP contribution in [0.2, 0.25) is 5.02 Å². The lowest BCUT2D eigenvalue weighted by Crippen LogP contribution is -2.31. The van der Waals surface area contributed by atoms with Gasteiger partial charge < -0.3 is 10.4 Å². The molecule has 1 unspecified atom stereocenters. The van der Waals surface area contributed by atoms with Crippen LogP contribution in [0.5, 0.6) is 0 Å². The lowest BCUT2D eigenvalue weighted by molar-refractivity contribution is -0.138. The van der Waals surface area contributed by atoms with Gasteiger partial charge in [-0.3, -0.25) is 9.59 Å². The molecular weight excluding hydrogens is 358 g/mol. The smallest absolute Gasteiger partial charge is 0.303 e. The summed E-state index contributed by atoms with van der Waals surface area (Å²) in [7, 11) is 0. The maximum atomic E-state index is 12.1. The summed E-state index contributed by atoms with van der Waals surface area (Å²) in [6.07, 6.45) is 0.809. The van der Waals surface area contributed by atoms with Gasteiger partial charge in [0.2, 0.25) is 0 Å². The van der Waals surface area contributed by atoms with Gasteiger partial charge in [-0.1, -0.05) is 41.4 Å². The molecule has 1 atom stereocenters. The molecule has 0 aliphatic rings. The van der Waals surface area contributed by atoms with E-state index in [9.17, 15) is 9.59 Å². The number of benzene rings is 1. The van der Waals surface area contributed by atoms with Crippen molar-refractivity contribution >= 4 is 39.4 Å². The van der Waals surface area contributed by atoms with Crippen molar-refractivity contribution in [1.82, 2.24) is 5.32 Å². The Morgan fingerprint density at radius 2 is 2.00 bits per heavy atom. The molecular formula is C15H19BrClNO3. The molecule has 4 nitrogen and oxygen atoms in total. The summed E-state index contributed by atoms with van der Waals surface area (Å²) in [5.74, 6) is -0.793. The van der Waals surface area contributed by atoms with Crippen LogP contribution in [0, 0.1) is 11.8 Å². The Kier molecular flexibility index (Phi) is 7.18. The van der Waals surface area contributed by atoms with Gasteiger partial charge in [0.15, 0.2) is 0 Å². The molecule has 0 radical (unpaired) electrons. The second-order valence-corrected chi connectivity index (χ2v) is 6.81. The first-order chi connectivity index (χ1) is 9.77. The summed E-state index contributed by atoms with van der Waals surface area (Å²) >= 11 is 9.19. The van der Waals surface area contributed by atoms with Crippen LogP contribution in [0.4, 0.5) is 0 Å². The molecule has 6 heteroatoms. The minimum absolute atomic E-state index is 0.0533. The van der Waals surface area contributed by atoms with Gasteiger partial charge in [-0.15, -0.1) is 0 Å². The summed E-state index contributed by atoms with van der Waals surface area (Å²) in [5.41, 5.74) is 0.452. The van der Waals surface area contributed by atoms with E-state index in [4.69, 9.17) is 16.7 Å². The van der Waals surface area contributed by atoms with Gasteiger partial charge in [-0.05, 0) is 36.5 Å². The number of carboxylic acid groups (broad SMARTS) is 1. The largest absolute Gasteiger partial charge is 0.481 e. The first-order valence-electron chi connectivity index (χ1n) is 6.74. The Hall–Kier alpha value is -1.07. The summed E-state index contributed by atoms with van der Waals surface area (Å²) in [6.45, 7) is 4.41. The number of carboxylic acids is 1. The highest BCUT2D eigenvalue weighted by Crippen LogP contribution is 2.20. The number of rotatable bonds is 7. The second kappa shape index (κ2) is 8.39. The zero-order chi connectivity index (χ0) is 16.0. The normalized spacial score (nSPS) is 12.2. The third-order valence-electron chi connectivity index (χ3n) is 2.94. The molecule has 2 N–H and O–H groups in total. The molecule has 116 valence electrons. The molecule has 1 aromatic rings. The molecule has 0 heterocycles. The minimum Gasteiger partial charge on any atom is -0.481 e. The molecule has 1 rings (SSSR count). The number of halogens is 2. The Labute approximate surface area is 138 Å². The molecule has 0 saturated heterocycles. The van der Waals surface area contributed by atoms with Gasteiger partial charge >= 0.3 is 5.97 Å². The molecule has 0 aliphatic carbocycles. The fraction of sp³-hybridized carbons (Fsp3) is 0.467. The molecule has 1 amide bonds. The van der Waals surface area contributed by atoms with E-state index in [1.807, 2.05) is 13.8 Å². The van der Waals surface area contributed by atoms with E-state index in [-0.39, 0.29) is 18.2 Å². The van der Waals surface area contributed by atoms with Crippen molar-refractivity contribution in [2.75, 3.05) is 6.54 Å². The highest BCUT2D eigenvalue weighted by Gasteiger charge is 2.17. The Bertz CT molecular complexity index is 499. The summed E-state index contributed by atoms with van der Waals surface area (Å²) in [6, 6.07) is 4.95. The van der Waals surface area contributed by atoms with Gasteiger partial charge in [0.25, 0.3) is 5.91 Å². The number of amides is 1. The number of hydrogen-bond acceptors (Lipinski definition) is 2. The van der Waals surface area contributed by atoms with Crippen LogP contribution in [0.15, 0.2) is 22.7 Å². The molecule has 0 spiro atoms. The second-order valence-electron chi connectivity index (χ2n) is 5.46. The van der Waals surface area contributed by atoms with E-state index < -0.39 is 5.97 Å². The van der Waals surface area contributed by atoms with E-state index in [0.29, 0.717) is 23.0 Å². The SMILES string of the molecule is CC(C)CC(CNC(=O)c1cc(Cl)cc(Br)c1)CC(=O)O. The fourth-order valence-corrected chi connectivity index (χ4v) is 3.04. The number of carbonyl (C=O) groups is 2. The van der Waals surface area contributed by atoms with Crippen LogP contribution in [0.25, 0.3) is 0 Å². The van der Waals surface area contributed by atoms with Crippen LogP contribution in [-0.2, 0) is 4.79 Å². The Morgan fingerprint density at radius 3 is 2.52 bits per heavy atom. The number of nitrogens with one attached hydrogen (secondary N) is 1. The van der Waals surface area contributed by atoms with Crippen LogP contribution in [0.1, 0.15) is 37.0 Å². The summed E-state index contributed by atoms with van der Waals surface area (Å²) < 4.78 is 0.726. The monoisotopic (exact) mass is 375 g/mol. The third kappa shape index (κ3) is 6.96.